The number of amides is 1. The van der Waals surface area contributed by atoms with Gasteiger partial charge < -0.3 is 14.6 Å². The summed E-state index contributed by atoms with van der Waals surface area (Å²) in [7, 11) is 1.62. The van der Waals surface area contributed by atoms with Crippen LogP contribution in [0.5, 0.6) is 0 Å². The van der Waals surface area contributed by atoms with Crippen molar-refractivity contribution in [3.63, 3.8) is 0 Å². The molecular weight excluding hydrogens is 276 g/mol. The Morgan fingerprint density at radius 3 is 3.10 bits per heavy atom. The minimum atomic E-state index is -0.493. The maximum atomic E-state index is 12.3. The number of thiophene rings is 1. The number of ether oxygens (including phenoxy) is 1. The summed E-state index contributed by atoms with van der Waals surface area (Å²) < 4.78 is 10.3. The van der Waals surface area contributed by atoms with Gasteiger partial charge >= 0.3 is 0 Å². The highest BCUT2D eigenvalue weighted by Crippen LogP contribution is 2.48. The largest absolute Gasteiger partial charge is 0.383 e. The van der Waals surface area contributed by atoms with E-state index >= 15 is 0 Å². The molecule has 0 atom stereocenters. The third-order valence-electron chi connectivity index (χ3n) is 3.54. The van der Waals surface area contributed by atoms with Crippen LogP contribution in [0.3, 0.4) is 0 Å². The van der Waals surface area contributed by atoms with E-state index < -0.39 is 5.41 Å². The van der Waals surface area contributed by atoms with E-state index in [1.165, 1.54) is 0 Å². The minimum Gasteiger partial charge on any atom is -0.383 e. The molecule has 2 aromatic rings. The first-order valence-electron chi connectivity index (χ1n) is 6.54. The molecule has 0 unspecified atom stereocenters. The van der Waals surface area contributed by atoms with Crippen LogP contribution in [0, 0.1) is 0 Å². The molecule has 1 aliphatic carbocycles. The fourth-order valence-corrected chi connectivity index (χ4v) is 2.87. The summed E-state index contributed by atoms with van der Waals surface area (Å²) in [6, 6.07) is 5.83. The first kappa shape index (κ1) is 13.3. The summed E-state index contributed by atoms with van der Waals surface area (Å²) >= 11 is 1.59. The molecule has 0 aromatic carbocycles. The molecule has 0 bridgehead atoms. The van der Waals surface area contributed by atoms with Gasteiger partial charge in [0.15, 0.2) is 5.76 Å². The maximum Gasteiger partial charge on any atom is 0.232 e. The van der Waals surface area contributed by atoms with Crippen LogP contribution in [0.25, 0.3) is 10.6 Å². The quantitative estimate of drug-likeness (QED) is 0.829. The zero-order valence-corrected chi connectivity index (χ0v) is 12.0. The maximum absolute atomic E-state index is 12.3. The molecule has 0 radical (unpaired) electrons. The Morgan fingerprint density at radius 2 is 2.45 bits per heavy atom. The van der Waals surface area contributed by atoms with Crippen LogP contribution in [0.4, 0.5) is 0 Å². The number of hydrogen-bond donors (Lipinski definition) is 1. The normalized spacial score (nSPS) is 16.1. The van der Waals surface area contributed by atoms with Gasteiger partial charge in [0.05, 0.1) is 22.6 Å². The smallest absolute Gasteiger partial charge is 0.232 e. The van der Waals surface area contributed by atoms with Gasteiger partial charge in [-0.05, 0) is 24.3 Å². The number of carbonyl (C=O) groups is 1. The van der Waals surface area contributed by atoms with Crippen LogP contribution in [-0.4, -0.2) is 31.3 Å². The summed E-state index contributed by atoms with van der Waals surface area (Å²) in [4.78, 5) is 13.3. The zero-order chi connectivity index (χ0) is 14.0. The number of carbonyl (C=O) groups excluding carboxylic acids is 1. The molecule has 1 fully saturated rings. The molecule has 3 rings (SSSR count). The van der Waals surface area contributed by atoms with Crippen molar-refractivity contribution in [3.05, 3.63) is 29.3 Å². The molecule has 1 N–H and O–H groups in total. The van der Waals surface area contributed by atoms with E-state index in [-0.39, 0.29) is 5.91 Å². The first-order chi connectivity index (χ1) is 9.76. The summed E-state index contributed by atoms with van der Waals surface area (Å²) in [5.74, 6) is 0.742. The van der Waals surface area contributed by atoms with Crippen LogP contribution in [0.1, 0.15) is 18.5 Å². The van der Waals surface area contributed by atoms with Crippen molar-refractivity contribution in [3.8, 4) is 10.6 Å². The van der Waals surface area contributed by atoms with Gasteiger partial charge in [0.25, 0.3) is 0 Å². The van der Waals surface area contributed by atoms with Crippen LogP contribution < -0.4 is 5.32 Å². The number of nitrogens with zero attached hydrogens (tertiary/aromatic N) is 1. The molecule has 2 aromatic heterocycles. The Labute approximate surface area is 120 Å². The number of aromatic nitrogens is 1. The molecule has 0 spiro atoms. The Kier molecular flexibility index (Phi) is 3.58. The van der Waals surface area contributed by atoms with Crippen LogP contribution in [0.2, 0.25) is 0 Å². The van der Waals surface area contributed by atoms with E-state index in [0.29, 0.717) is 13.2 Å². The number of nitrogens with one attached hydrogen (secondary N) is 1. The zero-order valence-electron chi connectivity index (χ0n) is 11.2. The number of methoxy groups -OCH3 is 1. The van der Waals surface area contributed by atoms with Crippen molar-refractivity contribution < 1.29 is 14.1 Å². The Morgan fingerprint density at radius 1 is 1.60 bits per heavy atom. The van der Waals surface area contributed by atoms with E-state index in [1.807, 2.05) is 23.6 Å². The lowest BCUT2D eigenvalue weighted by Crippen LogP contribution is -2.36. The van der Waals surface area contributed by atoms with Crippen LogP contribution in [-0.2, 0) is 14.9 Å². The van der Waals surface area contributed by atoms with Crippen LogP contribution >= 0.6 is 11.3 Å². The standard InChI is InChI=1S/C14H16N2O3S/c1-18-7-6-15-13(17)14(4-5-14)12-9-10(19-16-12)11-3-2-8-20-11/h2-3,8-9H,4-7H2,1H3,(H,15,17). The lowest BCUT2D eigenvalue weighted by atomic mass is 10.0. The molecule has 20 heavy (non-hydrogen) atoms. The average molecular weight is 292 g/mol. The second-order valence-electron chi connectivity index (χ2n) is 4.88. The molecule has 1 amide bonds. The average Bonchev–Trinajstić information content (AvgIpc) is 2.91. The third-order valence-corrected chi connectivity index (χ3v) is 4.43. The molecule has 0 aliphatic heterocycles. The molecule has 2 heterocycles. The predicted octanol–water partition coefficient (Wildman–Crippen LogP) is 2.20. The van der Waals surface area contributed by atoms with Gasteiger partial charge in [-0.25, -0.2) is 0 Å². The first-order valence-corrected chi connectivity index (χ1v) is 7.42. The SMILES string of the molecule is COCCNC(=O)C1(c2cc(-c3cccs3)on2)CC1. The monoisotopic (exact) mass is 292 g/mol. The molecule has 1 aliphatic rings. The summed E-state index contributed by atoms with van der Waals surface area (Å²) in [5.41, 5.74) is 0.239. The van der Waals surface area contributed by atoms with E-state index in [9.17, 15) is 4.79 Å². The Hall–Kier alpha value is -1.66. The topological polar surface area (TPSA) is 64.4 Å². The van der Waals surface area contributed by atoms with Crippen molar-refractivity contribution in [1.82, 2.24) is 10.5 Å². The highest BCUT2D eigenvalue weighted by atomic mass is 32.1. The van der Waals surface area contributed by atoms with Gasteiger partial charge in [-0.1, -0.05) is 11.2 Å². The fourth-order valence-electron chi connectivity index (χ4n) is 2.20. The van der Waals surface area contributed by atoms with Gasteiger partial charge in [-0.3, -0.25) is 4.79 Å². The molecule has 0 saturated heterocycles. The second-order valence-corrected chi connectivity index (χ2v) is 5.83. The van der Waals surface area contributed by atoms with Crippen molar-refractivity contribution >= 4 is 17.2 Å². The minimum absolute atomic E-state index is 0.0144. The van der Waals surface area contributed by atoms with Crippen molar-refractivity contribution in [2.24, 2.45) is 0 Å². The van der Waals surface area contributed by atoms with E-state index in [0.717, 1.165) is 29.2 Å². The third kappa shape index (κ3) is 2.36. The highest BCUT2D eigenvalue weighted by Gasteiger charge is 2.53. The molecule has 5 nitrogen and oxygen atoms in total. The summed E-state index contributed by atoms with van der Waals surface area (Å²) in [6.07, 6.45) is 1.64. The fraction of sp³-hybridized carbons (Fsp3) is 0.429. The Balaban J connectivity index is 1.74. The Bertz CT molecular complexity index is 587. The molecule has 1 saturated carbocycles. The number of rotatable bonds is 6. The predicted molar refractivity (Wildman–Crippen MR) is 75.6 cm³/mol. The molecule has 106 valence electrons. The van der Waals surface area contributed by atoms with Gasteiger partial charge in [0.1, 0.15) is 0 Å². The van der Waals surface area contributed by atoms with E-state index in [1.54, 1.807) is 18.4 Å². The van der Waals surface area contributed by atoms with Crippen molar-refractivity contribution in [2.75, 3.05) is 20.3 Å². The summed E-state index contributed by atoms with van der Waals surface area (Å²) in [6.45, 7) is 1.04. The van der Waals surface area contributed by atoms with Gasteiger partial charge in [0, 0.05) is 19.7 Å². The van der Waals surface area contributed by atoms with E-state index in [2.05, 4.69) is 10.5 Å². The molecule has 6 heteroatoms. The number of hydrogen-bond acceptors (Lipinski definition) is 5. The highest BCUT2D eigenvalue weighted by molar-refractivity contribution is 7.13. The second kappa shape index (κ2) is 5.38. The van der Waals surface area contributed by atoms with Crippen molar-refractivity contribution in [2.45, 2.75) is 18.3 Å². The lowest BCUT2D eigenvalue weighted by Gasteiger charge is -2.11. The van der Waals surface area contributed by atoms with Crippen LogP contribution in [0.15, 0.2) is 28.1 Å². The summed E-state index contributed by atoms with van der Waals surface area (Å²) in [5, 5.41) is 8.97. The van der Waals surface area contributed by atoms with Gasteiger partial charge in [0.2, 0.25) is 5.91 Å². The lowest BCUT2D eigenvalue weighted by molar-refractivity contribution is -0.123. The van der Waals surface area contributed by atoms with E-state index in [4.69, 9.17) is 9.26 Å². The van der Waals surface area contributed by atoms with Gasteiger partial charge in [-0.15, -0.1) is 11.3 Å². The van der Waals surface area contributed by atoms with Crippen molar-refractivity contribution in [1.29, 1.82) is 0 Å². The van der Waals surface area contributed by atoms with Gasteiger partial charge in [-0.2, -0.15) is 0 Å². The molecular formula is C14H16N2O3S.